The van der Waals surface area contributed by atoms with Crippen LogP contribution in [0.25, 0.3) is 22.7 Å². The normalized spacial score (nSPS) is 10.8. The maximum Gasteiger partial charge on any atom is 0.249 e. The summed E-state index contributed by atoms with van der Waals surface area (Å²) in [7, 11) is 1.59. The molecule has 0 saturated carbocycles. The molecule has 0 aliphatic carbocycles. The van der Waals surface area contributed by atoms with Gasteiger partial charge >= 0.3 is 0 Å². The Balaban J connectivity index is 1.88. The third kappa shape index (κ3) is 2.83. The van der Waals surface area contributed by atoms with E-state index in [0.717, 1.165) is 16.8 Å². The second-order valence-electron chi connectivity index (χ2n) is 4.68. The van der Waals surface area contributed by atoms with Crippen molar-refractivity contribution in [3.8, 4) is 22.7 Å². The number of nitrogens with zero attached hydrogens (tertiary/aromatic N) is 3. The lowest BCUT2D eigenvalue weighted by atomic mass is 10.1. The Hall–Kier alpha value is -2.53. The van der Waals surface area contributed by atoms with E-state index in [1.807, 2.05) is 24.3 Å². The summed E-state index contributed by atoms with van der Waals surface area (Å²) < 4.78 is 10.4. The molecule has 106 valence electrons. The molecule has 3 rings (SSSR count). The molecule has 0 radical (unpaired) electrons. The Kier molecular flexibility index (Phi) is 3.75. The molecule has 2 heterocycles. The van der Waals surface area contributed by atoms with Gasteiger partial charge < -0.3 is 9.15 Å². The fourth-order valence-corrected chi connectivity index (χ4v) is 2.09. The highest BCUT2D eigenvalue weighted by atomic mass is 16.5. The van der Waals surface area contributed by atoms with Crippen molar-refractivity contribution in [2.75, 3.05) is 7.11 Å². The van der Waals surface area contributed by atoms with Crippen LogP contribution in [-0.4, -0.2) is 22.3 Å². The molecule has 0 amide bonds. The Labute approximate surface area is 122 Å². The molecule has 0 aliphatic heterocycles. The van der Waals surface area contributed by atoms with Crippen LogP contribution in [0.3, 0.4) is 0 Å². The second-order valence-corrected chi connectivity index (χ2v) is 4.68. The molecule has 5 nitrogen and oxygen atoms in total. The number of aryl methyl sites for hydroxylation is 1. The van der Waals surface area contributed by atoms with E-state index in [-0.39, 0.29) is 0 Å². The monoisotopic (exact) mass is 281 g/mol. The first kappa shape index (κ1) is 13.5. The van der Waals surface area contributed by atoms with Crippen molar-refractivity contribution in [2.24, 2.45) is 0 Å². The van der Waals surface area contributed by atoms with Crippen molar-refractivity contribution < 1.29 is 9.15 Å². The van der Waals surface area contributed by atoms with Gasteiger partial charge in [-0.1, -0.05) is 24.3 Å². The van der Waals surface area contributed by atoms with Gasteiger partial charge in [-0.2, -0.15) is 0 Å². The van der Waals surface area contributed by atoms with Gasteiger partial charge in [0, 0.05) is 18.9 Å². The van der Waals surface area contributed by atoms with E-state index in [1.165, 1.54) is 5.56 Å². The standard InChI is InChI=1S/C16H15N3O2/c1-11-5-3-4-6-13(11)14-8-7-12(9-17-14)16-19-18-15(21-16)10-20-2/h3-9H,10H2,1-2H3. The van der Waals surface area contributed by atoms with Gasteiger partial charge in [-0.3, -0.25) is 4.98 Å². The molecule has 0 saturated heterocycles. The Bertz CT molecular complexity index is 735. The van der Waals surface area contributed by atoms with Crippen molar-refractivity contribution >= 4 is 0 Å². The SMILES string of the molecule is COCc1nnc(-c2ccc(-c3ccccc3C)nc2)o1. The lowest BCUT2D eigenvalue weighted by molar-refractivity contribution is 0.160. The highest BCUT2D eigenvalue weighted by Gasteiger charge is 2.09. The van der Waals surface area contributed by atoms with E-state index in [0.29, 0.717) is 18.4 Å². The quantitative estimate of drug-likeness (QED) is 0.734. The van der Waals surface area contributed by atoms with Crippen LogP contribution in [0.4, 0.5) is 0 Å². The summed E-state index contributed by atoms with van der Waals surface area (Å²) in [6.07, 6.45) is 1.74. The van der Waals surface area contributed by atoms with Crippen LogP contribution < -0.4 is 0 Å². The van der Waals surface area contributed by atoms with E-state index in [1.54, 1.807) is 13.3 Å². The van der Waals surface area contributed by atoms with Gasteiger partial charge in [0.25, 0.3) is 0 Å². The van der Waals surface area contributed by atoms with Gasteiger partial charge in [0.05, 0.1) is 11.3 Å². The van der Waals surface area contributed by atoms with Gasteiger partial charge in [0.15, 0.2) is 0 Å². The number of ether oxygens (including phenoxy) is 1. The fraction of sp³-hybridized carbons (Fsp3) is 0.188. The fourth-order valence-electron chi connectivity index (χ4n) is 2.09. The number of benzene rings is 1. The maximum atomic E-state index is 5.49. The molecular formula is C16H15N3O2. The van der Waals surface area contributed by atoms with Crippen LogP contribution in [0.1, 0.15) is 11.5 Å². The summed E-state index contributed by atoms with van der Waals surface area (Å²) in [5.74, 6) is 0.904. The smallest absolute Gasteiger partial charge is 0.249 e. The zero-order valence-corrected chi connectivity index (χ0v) is 11.9. The zero-order chi connectivity index (χ0) is 14.7. The molecule has 0 spiro atoms. The average molecular weight is 281 g/mol. The van der Waals surface area contributed by atoms with Crippen molar-refractivity contribution in [3.63, 3.8) is 0 Å². The van der Waals surface area contributed by atoms with E-state index in [9.17, 15) is 0 Å². The molecule has 5 heteroatoms. The number of pyridine rings is 1. The van der Waals surface area contributed by atoms with Crippen molar-refractivity contribution in [1.29, 1.82) is 0 Å². The molecule has 0 bridgehead atoms. The Morgan fingerprint density at radius 2 is 1.95 bits per heavy atom. The molecule has 21 heavy (non-hydrogen) atoms. The van der Waals surface area contributed by atoms with E-state index < -0.39 is 0 Å². The minimum atomic E-state index is 0.307. The van der Waals surface area contributed by atoms with Crippen LogP contribution in [0, 0.1) is 6.92 Å². The van der Waals surface area contributed by atoms with E-state index in [4.69, 9.17) is 9.15 Å². The molecule has 2 aromatic heterocycles. The van der Waals surface area contributed by atoms with Crippen molar-refractivity contribution in [3.05, 3.63) is 54.0 Å². The van der Waals surface area contributed by atoms with Crippen LogP contribution in [0.2, 0.25) is 0 Å². The predicted octanol–water partition coefficient (Wildman–Crippen LogP) is 3.25. The van der Waals surface area contributed by atoms with E-state index in [2.05, 4.69) is 34.2 Å². The topological polar surface area (TPSA) is 61.0 Å². The highest BCUT2D eigenvalue weighted by Crippen LogP contribution is 2.24. The van der Waals surface area contributed by atoms with Crippen LogP contribution in [-0.2, 0) is 11.3 Å². The van der Waals surface area contributed by atoms with Gasteiger partial charge in [-0.15, -0.1) is 10.2 Å². The number of aromatic nitrogens is 3. The Morgan fingerprint density at radius 3 is 2.67 bits per heavy atom. The van der Waals surface area contributed by atoms with E-state index >= 15 is 0 Å². The van der Waals surface area contributed by atoms with Crippen LogP contribution in [0.15, 0.2) is 47.0 Å². The third-order valence-corrected chi connectivity index (χ3v) is 3.17. The third-order valence-electron chi connectivity index (χ3n) is 3.17. The predicted molar refractivity (Wildman–Crippen MR) is 78.4 cm³/mol. The molecule has 0 atom stereocenters. The molecule has 0 fully saturated rings. The van der Waals surface area contributed by atoms with Gasteiger partial charge in [-0.05, 0) is 24.6 Å². The second kappa shape index (κ2) is 5.85. The number of hydrogen-bond donors (Lipinski definition) is 0. The number of rotatable bonds is 4. The first-order chi connectivity index (χ1) is 10.3. The zero-order valence-electron chi connectivity index (χ0n) is 11.9. The first-order valence-electron chi connectivity index (χ1n) is 6.61. The van der Waals surface area contributed by atoms with Crippen LogP contribution >= 0.6 is 0 Å². The lowest BCUT2D eigenvalue weighted by Crippen LogP contribution is -1.87. The van der Waals surface area contributed by atoms with Gasteiger partial charge in [-0.25, -0.2) is 0 Å². The number of methoxy groups -OCH3 is 1. The lowest BCUT2D eigenvalue weighted by Gasteiger charge is -2.04. The van der Waals surface area contributed by atoms with Crippen LogP contribution in [0.5, 0.6) is 0 Å². The minimum Gasteiger partial charge on any atom is -0.418 e. The highest BCUT2D eigenvalue weighted by molar-refractivity contribution is 5.65. The summed E-state index contributed by atoms with van der Waals surface area (Å²) in [5, 5.41) is 7.90. The first-order valence-corrected chi connectivity index (χ1v) is 6.61. The molecular weight excluding hydrogens is 266 g/mol. The summed E-state index contributed by atoms with van der Waals surface area (Å²) >= 11 is 0. The number of hydrogen-bond acceptors (Lipinski definition) is 5. The Morgan fingerprint density at radius 1 is 1.10 bits per heavy atom. The summed E-state index contributed by atoms with van der Waals surface area (Å²) in [6, 6.07) is 12.0. The average Bonchev–Trinajstić information content (AvgIpc) is 2.97. The minimum absolute atomic E-state index is 0.307. The summed E-state index contributed by atoms with van der Waals surface area (Å²) in [6.45, 7) is 2.38. The summed E-state index contributed by atoms with van der Waals surface area (Å²) in [5.41, 5.74) is 4.03. The molecule has 0 N–H and O–H groups in total. The molecule has 3 aromatic rings. The summed E-state index contributed by atoms with van der Waals surface area (Å²) in [4.78, 5) is 4.48. The molecule has 0 unspecified atom stereocenters. The largest absolute Gasteiger partial charge is 0.418 e. The maximum absolute atomic E-state index is 5.49. The molecule has 1 aromatic carbocycles. The van der Waals surface area contributed by atoms with Gasteiger partial charge in [0.2, 0.25) is 11.8 Å². The van der Waals surface area contributed by atoms with Gasteiger partial charge in [0.1, 0.15) is 6.61 Å². The molecule has 0 aliphatic rings. The van der Waals surface area contributed by atoms with Crippen molar-refractivity contribution in [2.45, 2.75) is 13.5 Å². The van der Waals surface area contributed by atoms with Crippen molar-refractivity contribution in [1.82, 2.24) is 15.2 Å².